The molecular weight excluding hydrogens is 319 g/mol. The van der Waals surface area contributed by atoms with Gasteiger partial charge in [0, 0.05) is 17.7 Å². The first-order valence-corrected chi connectivity index (χ1v) is 6.00. The minimum absolute atomic E-state index is 0.0886. The van der Waals surface area contributed by atoms with Crippen LogP contribution in [0.2, 0.25) is 0 Å². The second-order valence-electron chi connectivity index (χ2n) is 3.74. The van der Waals surface area contributed by atoms with Gasteiger partial charge in [0.15, 0.2) is 0 Å². The average Bonchev–Trinajstić information content (AvgIpc) is 2.33. The number of nitrogens with zero attached hydrogens (tertiary/aromatic N) is 2. The molecule has 1 heterocycles. The Morgan fingerprint density at radius 3 is 2.74 bits per heavy atom. The van der Waals surface area contributed by atoms with E-state index < -0.39 is 10.7 Å². The summed E-state index contributed by atoms with van der Waals surface area (Å²) in [6.45, 7) is 1.58. The van der Waals surface area contributed by atoms with Crippen molar-refractivity contribution in [3.63, 3.8) is 0 Å². The van der Waals surface area contributed by atoms with E-state index in [1.807, 2.05) is 0 Å². The summed E-state index contributed by atoms with van der Waals surface area (Å²) in [4.78, 5) is 13.9. The minimum Gasteiger partial charge on any atom is -0.439 e. The predicted octanol–water partition coefficient (Wildman–Crippen LogP) is 3.99. The van der Waals surface area contributed by atoms with Crippen molar-refractivity contribution in [1.29, 1.82) is 0 Å². The molecule has 0 N–H and O–H groups in total. The van der Waals surface area contributed by atoms with Gasteiger partial charge in [-0.3, -0.25) is 10.1 Å². The predicted molar refractivity (Wildman–Crippen MR) is 69.8 cm³/mol. The monoisotopic (exact) mass is 326 g/mol. The minimum atomic E-state index is -0.522. The van der Waals surface area contributed by atoms with Crippen LogP contribution in [0.15, 0.2) is 34.9 Å². The van der Waals surface area contributed by atoms with Crippen molar-refractivity contribution in [2.75, 3.05) is 0 Å². The van der Waals surface area contributed by atoms with E-state index in [1.165, 1.54) is 18.2 Å². The van der Waals surface area contributed by atoms with Crippen LogP contribution in [0.3, 0.4) is 0 Å². The largest absolute Gasteiger partial charge is 0.439 e. The van der Waals surface area contributed by atoms with Crippen LogP contribution in [-0.4, -0.2) is 9.91 Å². The van der Waals surface area contributed by atoms with Gasteiger partial charge in [-0.1, -0.05) is 0 Å². The fraction of sp³-hybridized carbons (Fsp3) is 0.0833. The molecule has 0 radical (unpaired) electrons. The van der Waals surface area contributed by atoms with Crippen LogP contribution in [-0.2, 0) is 0 Å². The Hall–Kier alpha value is -2.02. The second kappa shape index (κ2) is 5.31. The molecule has 1 aromatic carbocycles. The summed E-state index contributed by atoms with van der Waals surface area (Å²) < 4.78 is 19.0. The number of hydrogen-bond acceptors (Lipinski definition) is 4. The molecule has 0 fully saturated rings. The second-order valence-corrected chi connectivity index (χ2v) is 4.60. The van der Waals surface area contributed by atoms with Crippen molar-refractivity contribution in [2.45, 2.75) is 6.92 Å². The topological polar surface area (TPSA) is 65.3 Å². The molecule has 2 aromatic rings. The summed E-state index contributed by atoms with van der Waals surface area (Å²) >= 11 is 3.03. The van der Waals surface area contributed by atoms with E-state index in [9.17, 15) is 14.5 Å². The lowest BCUT2D eigenvalue weighted by Crippen LogP contribution is -1.95. The van der Waals surface area contributed by atoms with Gasteiger partial charge in [0.2, 0.25) is 5.88 Å². The fourth-order valence-corrected chi connectivity index (χ4v) is 1.68. The summed E-state index contributed by atoms with van der Waals surface area (Å²) in [5.41, 5.74) is 0.335. The lowest BCUT2D eigenvalue weighted by molar-refractivity contribution is -0.385. The lowest BCUT2D eigenvalue weighted by atomic mass is 10.2. The highest BCUT2D eigenvalue weighted by Gasteiger charge is 2.12. The van der Waals surface area contributed by atoms with Crippen LogP contribution in [0.25, 0.3) is 0 Å². The van der Waals surface area contributed by atoms with Gasteiger partial charge in [0.1, 0.15) is 17.8 Å². The molecule has 0 saturated carbocycles. The van der Waals surface area contributed by atoms with Gasteiger partial charge in [-0.25, -0.2) is 9.37 Å². The van der Waals surface area contributed by atoms with E-state index in [1.54, 1.807) is 13.0 Å². The molecule has 19 heavy (non-hydrogen) atoms. The van der Waals surface area contributed by atoms with Crippen LogP contribution < -0.4 is 4.74 Å². The highest BCUT2D eigenvalue weighted by molar-refractivity contribution is 9.10. The standard InChI is InChI=1S/C12H8BrFN2O3/c1-7-4-12(15-6-11(7)16(17)18)19-8-2-3-9(13)10(14)5-8/h2-6H,1H3. The third-order valence-electron chi connectivity index (χ3n) is 2.37. The molecule has 1 aromatic heterocycles. The van der Waals surface area contributed by atoms with Gasteiger partial charge >= 0.3 is 0 Å². The van der Waals surface area contributed by atoms with E-state index in [2.05, 4.69) is 20.9 Å². The number of pyridine rings is 1. The zero-order chi connectivity index (χ0) is 14.0. The summed E-state index contributed by atoms with van der Waals surface area (Å²) in [6, 6.07) is 5.69. The van der Waals surface area contributed by atoms with Crippen molar-refractivity contribution in [2.24, 2.45) is 0 Å². The molecule has 5 nitrogen and oxygen atoms in total. The Labute approximate surface area is 116 Å². The normalized spacial score (nSPS) is 10.3. The molecule has 0 aliphatic carbocycles. The maximum atomic E-state index is 13.3. The molecular formula is C12H8BrFN2O3. The van der Waals surface area contributed by atoms with Crippen molar-refractivity contribution >= 4 is 21.6 Å². The number of halogens is 2. The molecule has 0 aliphatic rings. The third kappa shape index (κ3) is 3.05. The van der Waals surface area contributed by atoms with Gasteiger partial charge in [-0.15, -0.1) is 0 Å². The van der Waals surface area contributed by atoms with Crippen LogP contribution in [0, 0.1) is 22.9 Å². The fourth-order valence-electron chi connectivity index (χ4n) is 1.43. The van der Waals surface area contributed by atoms with Gasteiger partial charge in [-0.2, -0.15) is 0 Å². The molecule has 2 rings (SSSR count). The molecule has 0 saturated heterocycles. The number of rotatable bonds is 3. The molecule has 0 spiro atoms. The van der Waals surface area contributed by atoms with Crippen molar-refractivity contribution in [3.8, 4) is 11.6 Å². The third-order valence-corrected chi connectivity index (χ3v) is 3.01. The Morgan fingerprint density at radius 1 is 1.42 bits per heavy atom. The summed E-state index contributed by atoms with van der Waals surface area (Å²) in [5, 5.41) is 10.6. The van der Waals surface area contributed by atoms with E-state index in [0.717, 1.165) is 6.20 Å². The van der Waals surface area contributed by atoms with E-state index in [-0.39, 0.29) is 17.3 Å². The summed E-state index contributed by atoms with van der Waals surface area (Å²) in [6.07, 6.45) is 1.11. The van der Waals surface area contributed by atoms with Crippen LogP contribution in [0.4, 0.5) is 10.1 Å². The smallest absolute Gasteiger partial charge is 0.290 e. The quantitative estimate of drug-likeness (QED) is 0.631. The van der Waals surface area contributed by atoms with Gasteiger partial charge < -0.3 is 4.74 Å². The molecule has 0 unspecified atom stereocenters. The number of ether oxygens (including phenoxy) is 1. The number of benzene rings is 1. The van der Waals surface area contributed by atoms with Crippen molar-refractivity contribution in [3.05, 3.63) is 56.4 Å². The van der Waals surface area contributed by atoms with Gasteiger partial charge in [-0.05, 0) is 35.0 Å². The molecule has 0 amide bonds. The Kier molecular flexibility index (Phi) is 3.75. The molecule has 7 heteroatoms. The molecule has 98 valence electrons. The van der Waals surface area contributed by atoms with E-state index in [4.69, 9.17) is 4.74 Å². The highest BCUT2D eigenvalue weighted by atomic mass is 79.9. The summed E-state index contributed by atoms with van der Waals surface area (Å²) in [7, 11) is 0. The van der Waals surface area contributed by atoms with Crippen LogP contribution in [0.1, 0.15) is 5.56 Å². The first kappa shape index (κ1) is 13.4. The van der Waals surface area contributed by atoms with Gasteiger partial charge in [0.05, 0.1) is 9.40 Å². The number of nitro groups is 1. The summed E-state index contributed by atoms with van der Waals surface area (Å²) in [5.74, 6) is -0.0255. The van der Waals surface area contributed by atoms with Crippen LogP contribution in [0.5, 0.6) is 11.6 Å². The first-order chi connectivity index (χ1) is 8.97. The van der Waals surface area contributed by atoms with Gasteiger partial charge in [0.25, 0.3) is 5.69 Å². The average molecular weight is 327 g/mol. The zero-order valence-electron chi connectivity index (χ0n) is 9.76. The number of aromatic nitrogens is 1. The lowest BCUT2D eigenvalue weighted by Gasteiger charge is -2.06. The zero-order valence-corrected chi connectivity index (χ0v) is 11.3. The maximum Gasteiger partial charge on any atom is 0.290 e. The van der Waals surface area contributed by atoms with Crippen LogP contribution >= 0.6 is 15.9 Å². The highest BCUT2D eigenvalue weighted by Crippen LogP contribution is 2.27. The van der Waals surface area contributed by atoms with E-state index in [0.29, 0.717) is 10.0 Å². The Bertz CT molecular complexity index is 649. The number of aryl methyl sites for hydroxylation is 1. The number of hydrogen-bond donors (Lipinski definition) is 0. The maximum absolute atomic E-state index is 13.3. The first-order valence-electron chi connectivity index (χ1n) is 5.21. The Morgan fingerprint density at radius 2 is 2.16 bits per heavy atom. The SMILES string of the molecule is Cc1cc(Oc2ccc(Br)c(F)c2)ncc1[N+](=O)[O-]. The molecule has 0 aliphatic heterocycles. The van der Waals surface area contributed by atoms with E-state index >= 15 is 0 Å². The molecule has 0 bridgehead atoms. The van der Waals surface area contributed by atoms with Crippen molar-refractivity contribution < 1.29 is 14.1 Å². The molecule has 0 atom stereocenters. The Balaban J connectivity index is 2.26. The van der Waals surface area contributed by atoms with Crippen molar-refractivity contribution in [1.82, 2.24) is 4.98 Å².